The maximum atomic E-state index is 13.0. The van der Waals surface area contributed by atoms with Crippen LogP contribution >= 0.6 is 0 Å². The van der Waals surface area contributed by atoms with Gasteiger partial charge in [0.05, 0.1) is 7.11 Å². The number of unbranched alkanes of at least 4 members (excludes halogenated alkanes) is 1. The molecule has 1 aromatic heterocycles. The first-order valence-electron chi connectivity index (χ1n) is 16.7. The number of Topliss-reactive ketones (excluding diaryl/α,β-unsaturated/α-hetero) is 1. The molecule has 4 aromatic rings. The Morgan fingerprint density at radius 3 is 2.39 bits per heavy atom. The van der Waals surface area contributed by atoms with E-state index in [-0.39, 0.29) is 0 Å². The smallest absolute Gasteiger partial charge is 0.162 e. The highest BCUT2D eigenvalue weighted by atomic mass is 16.5. The molecule has 6 nitrogen and oxygen atoms in total. The summed E-state index contributed by atoms with van der Waals surface area (Å²) in [6.45, 7) is 8.73. The number of benzene rings is 3. The zero-order chi connectivity index (χ0) is 30.1. The summed E-state index contributed by atoms with van der Waals surface area (Å²) >= 11 is 0. The van der Waals surface area contributed by atoms with Crippen molar-refractivity contribution in [3.8, 4) is 5.75 Å². The third kappa shape index (κ3) is 7.91. The summed E-state index contributed by atoms with van der Waals surface area (Å²) in [4.78, 5) is 24.0. The average molecular weight is 593 g/mol. The number of methoxy groups -OCH3 is 1. The third-order valence-corrected chi connectivity index (χ3v) is 9.81. The van der Waals surface area contributed by atoms with Gasteiger partial charge in [-0.2, -0.15) is 0 Å². The minimum atomic E-state index is 0.292. The minimum absolute atomic E-state index is 0.292. The maximum Gasteiger partial charge on any atom is 0.162 e. The van der Waals surface area contributed by atoms with Gasteiger partial charge in [0.2, 0.25) is 0 Å². The summed E-state index contributed by atoms with van der Waals surface area (Å²) in [5.74, 6) is 1.87. The van der Waals surface area contributed by atoms with Gasteiger partial charge in [0.15, 0.2) is 5.78 Å². The minimum Gasteiger partial charge on any atom is -0.497 e. The number of hydrogen-bond donors (Lipinski definition) is 1. The number of carbonyl (C=O) groups is 1. The summed E-state index contributed by atoms with van der Waals surface area (Å²) in [6, 6.07) is 25.4. The Morgan fingerprint density at radius 1 is 0.864 bits per heavy atom. The molecule has 232 valence electrons. The number of fused-ring (bicyclic) bond motifs is 1. The van der Waals surface area contributed by atoms with Crippen molar-refractivity contribution in [2.24, 2.45) is 5.92 Å². The number of rotatable bonds is 13. The van der Waals surface area contributed by atoms with Gasteiger partial charge in [-0.25, -0.2) is 0 Å². The van der Waals surface area contributed by atoms with Gasteiger partial charge in [-0.1, -0.05) is 30.3 Å². The summed E-state index contributed by atoms with van der Waals surface area (Å²) in [5.41, 5.74) is 6.05. The number of anilines is 1. The van der Waals surface area contributed by atoms with Gasteiger partial charge < -0.3 is 14.6 Å². The van der Waals surface area contributed by atoms with Crippen LogP contribution in [0, 0.1) is 5.92 Å². The Labute approximate surface area is 263 Å². The second kappa shape index (κ2) is 14.9. The molecule has 1 N–H and O–H groups in total. The van der Waals surface area contributed by atoms with Gasteiger partial charge in [0.1, 0.15) is 5.75 Å². The number of H-pyrrole nitrogens is 1. The van der Waals surface area contributed by atoms with E-state index in [1.54, 1.807) is 7.11 Å². The van der Waals surface area contributed by atoms with Crippen LogP contribution in [-0.4, -0.2) is 73.5 Å². The van der Waals surface area contributed by atoms with Crippen LogP contribution in [0.1, 0.15) is 60.0 Å². The number of aromatic amines is 1. The molecule has 0 radical (unpaired) electrons. The van der Waals surface area contributed by atoms with Crippen molar-refractivity contribution in [3.63, 3.8) is 0 Å². The first-order valence-corrected chi connectivity index (χ1v) is 16.7. The van der Waals surface area contributed by atoms with E-state index in [9.17, 15) is 4.79 Å². The molecule has 0 unspecified atom stereocenters. The monoisotopic (exact) mass is 592 g/mol. The van der Waals surface area contributed by atoms with Gasteiger partial charge >= 0.3 is 0 Å². The van der Waals surface area contributed by atoms with Crippen LogP contribution in [0.3, 0.4) is 0 Å². The maximum absolute atomic E-state index is 13.0. The molecule has 2 saturated heterocycles. The predicted molar refractivity (Wildman–Crippen MR) is 181 cm³/mol. The summed E-state index contributed by atoms with van der Waals surface area (Å²) < 4.78 is 5.41. The van der Waals surface area contributed by atoms with Crippen LogP contribution in [0.4, 0.5) is 5.69 Å². The topological polar surface area (TPSA) is 51.8 Å². The van der Waals surface area contributed by atoms with Gasteiger partial charge in [-0.05, 0) is 118 Å². The standard InChI is InChI=1S/C38H48N4O2/c1-44-35-15-16-37-36(27-35)33(28-39-37)9-5-6-20-40-23-25-42(26-24-40)34-13-11-32(12-14-34)38(43)17-10-30-18-21-41(22-19-30)29-31-7-3-2-4-8-31/h2-4,7-8,11-16,27-28,30,39H,5-6,9-10,17-26,29H2,1H3. The number of hydrogen-bond acceptors (Lipinski definition) is 5. The van der Waals surface area contributed by atoms with Crippen molar-refractivity contribution >= 4 is 22.4 Å². The molecular weight excluding hydrogens is 544 g/mol. The quantitative estimate of drug-likeness (QED) is 0.132. The van der Waals surface area contributed by atoms with Gasteiger partial charge in [0.25, 0.3) is 0 Å². The van der Waals surface area contributed by atoms with Crippen molar-refractivity contribution in [2.75, 3.05) is 57.8 Å². The van der Waals surface area contributed by atoms with Crippen molar-refractivity contribution in [1.29, 1.82) is 0 Å². The largest absolute Gasteiger partial charge is 0.497 e. The predicted octanol–water partition coefficient (Wildman–Crippen LogP) is 7.20. The molecule has 44 heavy (non-hydrogen) atoms. The van der Waals surface area contributed by atoms with Crippen molar-refractivity contribution in [3.05, 3.63) is 95.7 Å². The van der Waals surface area contributed by atoms with Crippen LogP contribution in [0.15, 0.2) is 79.0 Å². The number of ketones is 1. The average Bonchev–Trinajstić information content (AvgIpc) is 3.49. The zero-order valence-corrected chi connectivity index (χ0v) is 26.3. The van der Waals surface area contributed by atoms with E-state index in [1.807, 2.05) is 18.2 Å². The highest BCUT2D eigenvalue weighted by molar-refractivity contribution is 5.96. The molecule has 0 bridgehead atoms. The number of aryl methyl sites for hydroxylation is 1. The fraction of sp³-hybridized carbons (Fsp3) is 0.447. The molecule has 0 atom stereocenters. The normalized spacial score (nSPS) is 16.9. The molecule has 0 saturated carbocycles. The molecule has 6 rings (SSSR count). The fourth-order valence-corrected chi connectivity index (χ4v) is 6.98. The molecule has 0 spiro atoms. The number of nitrogens with one attached hydrogen (secondary N) is 1. The molecule has 2 aliphatic rings. The van der Waals surface area contributed by atoms with E-state index >= 15 is 0 Å². The van der Waals surface area contributed by atoms with E-state index < -0.39 is 0 Å². The Kier molecular flexibility index (Phi) is 10.3. The Balaban J connectivity index is 0.872. The molecule has 0 amide bonds. The number of likely N-dealkylation sites (tertiary alicyclic amines) is 1. The number of ether oxygens (including phenoxy) is 1. The van der Waals surface area contributed by atoms with E-state index in [0.29, 0.717) is 18.1 Å². The van der Waals surface area contributed by atoms with E-state index in [0.717, 1.165) is 76.5 Å². The van der Waals surface area contributed by atoms with Crippen LogP contribution in [-0.2, 0) is 13.0 Å². The van der Waals surface area contributed by atoms with Gasteiger partial charge in [-0.3, -0.25) is 14.6 Å². The zero-order valence-electron chi connectivity index (χ0n) is 26.3. The van der Waals surface area contributed by atoms with Crippen LogP contribution in [0.25, 0.3) is 10.9 Å². The van der Waals surface area contributed by atoms with Crippen LogP contribution in [0.2, 0.25) is 0 Å². The molecule has 3 aromatic carbocycles. The number of piperazine rings is 1. The molecule has 0 aliphatic carbocycles. The Morgan fingerprint density at radius 2 is 1.64 bits per heavy atom. The molecule has 6 heteroatoms. The summed E-state index contributed by atoms with van der Waals surface area (Å²) in [6.07, 6.45) is 9.71. The Hall–Kier alpha value is -3.61. The highest BCUT2D eigenvalue weighted by Crippen LogP contribution is 2.26. The molecule has 2 aliphatic heterocycles. The molecular formula is C38H48N4O2. The van der Waals surface area contributed by atoms with E-state index in [4.69, 9.17) is 4.74 Å². The van der Waals surface area contributed by atoms with Crippen molar-refractivity contribution in [2.45, 2.75) is 51.5 Å². The van der Waals surface area contributed by atoms with E-state index in [2.05, 4.69) is 80.5 Å². The number of nitrogens with zero attached hydrogens (tertiary/aromatic N) is 3. The first-order chi connectivity index (χ1) is 21.6. The van der Waals surface area contributed by atoms with Gasteiger partial charge in [-0.15, -0.1) is 0 Å². The lowest BCUT2D eigenvalue weighted by molar-refractivity contribution is 0.0961. The lowest BCUT2D eigenvalue weighted by atomic mass is 9.90. The van der Waals surface area contributed by atoms with Crippen LogP contribution in [0.5, 0.6) is 5.75 Å². The number of aromatic nitrogens is 1. The third-order valence-electron chi connectivity index (χ3n) is 9.81. The number of piperidine rings is 1. The summed E-state index contributed by atoms with van der Waals surface area (Å²) in [5, 5.41) is 1.28. The lowest BCUT2D eigenvalue weighted by Gasteiger charge is -2.36. The second-order valence-electron chi connectivity index (χ2n) is 12.7. The SMILES string of the molecule is COc1ccc2[nH]cc(CCCCN3CCN(c4ccc(C(=O)CCC5CCN(Cc6ccccc6)CC5)cc4)CC3)c2c1. The molecule has 2 fully saturated rings. The van der Waals surface area contributed by atoms with Crippen molar-refractivity contribution < 1.29 is 9.53 Å². The van der Waals surface area contributed by atoms with E-state index in [1.165, 1.54) is 53.4 Å². The number of carbonyl (C=O) groups excluding carboxylic acids is 1. The fourth-order valence-electron chi connectivity index (χ4n) is 6.98. The Bertz CT molecular complexity index is 1470. The second-order valence-corrected chi connectivity index (χ2v) is 12.7. The lowest BCUT2D eigenvalue weighted by Crippen LogP contribution is -2.46. The first kappa shape index (κ1) is 30.4. The highest BCUT2D eigenvalue weighted by Gasteiger charge is 2.21. The van der Waals surface area contributed by atoms with Crippen molar-refractivity contribution in [1.82, 2.24) is 14.8 Å². The summed E-state index contributed by atoms with van der Waals surface area (Å²) in [7, 11) is 1.73. The van der Waals surface area contributed by atoms with Gasteiger partial charge in [0, 0.05) is 67.5 Å². The molecule has 3 heterocycles. The van der Waals surface area contributed by atoms with Crippen LogP contribution < -0.4 is 9.64 Å².